The van der Waals surface area contributed by atoms with E-state index in [-0.39, 0.29) is 5.92 Å². The van der Waals surface area contributed by atoms with Crippen molar-refractivity contribution >= 4 is 16.9 Å². The third kappa shape index (κ3) is 3.17. The third-order valence-electron chi connectivity index (χ3n) is 3.63. The number of unbranched alkanes of at least 4 members (excludes halogenated alkanes) is 1. The number of hydrogen-bond donors (Lipinski definition) is 2. The fourth-order valence-corrected chi connectivity index (χ4v) is 2.52. The van der Waals surface area contributed by atoms with Crippen LogP contribution in [0.3, 0.4) is 0 Å². The number of benzene rings is 1. The Morgan fingerprint density at radius 1 is 1.40 bits per heavy atom. The van der Waals surface area contributed by atoms with Gasteiger partial charge in [0, 0.05) is 18.9 Å². The summed E-state index contributed by atoms with van der Waals surface area (Å²) < 4.78 is 1.81. The van der Waals surface area contributed by atoms with Crippen LogP contribution in [0.15, 0.2) is 24.3 Å². The molecular formula is C15H21N3O2. The maximum absolute atomic E-state index is 11.4. The van der Waals surface area contributed by atoms with E-state index in [4.69, 9.17) is 5.73 Å². The highest BCUT2D eigenvalue weighted by Crippen LogP contribution is 2.22. The average Bonchev–Trinajstić information content (AvgIpc) is 2.75. The van der Waals surface area contributed by atoms with Gasteiger partial charge in [0.1, 0.15) is 0 Å². The minimum Gasteiger partial charge on any atom is -0.481 e. The van der Waals surface area contributed by atoms with Gasteiger partial charge in [-0.05, 0) is 25.5 Å². The van der Waals surface area contributed by atoms with E-state index in [0.717, 1.165) is 29.4 Å². The number of nitrogens with two attached hydrogens (primary N) is 1. The van der Waals surface area contributed by atoms with E-state index in [0.29, 0.717) is 19.4 Å². The number of para-hydroxylation sites is 1. The Morgan fingerprint density at radius 2 is 2.15 bits per heavy atom. The summed E-state index contributed by atoms with van der Waals surface area (Å²) in [5.74, 6) is -1.14. The van der Waals surface area contributed by atoms with Crippen LogP contribution in [0.5, 0.6) is 0 Å². The van der Waals surface area contributed by atoms with Crippen molar-refractivity contribution in [3.05, 3.63) is 30.0 Å². The molecule has 1 unspecified atom stereocenters. The van der Waals surface area contributed by atoms with Crippen LogP contribution < -0.4 is 5.73 Å². The van der Waals surface area contributed by atoms with Crippen molar-refractivity contribution in [3.63, 3.8) is 0 Å². The van der Waals surface area contributed by atoms with Crippen molar-refractivity contribution < 1.29 is 9.90 Å². The van der Waals surface area contributed by atoms with Gasteiger partial charge in [-0.15, -0.1) is 0 Å². The van der Waals surface area contributed by atoms with Crippen LogP contribution in [0, 0.1) is 5.92 Å². The Morgan fingerprint density at radius 3 is 2.85 bits per heavy atom. The molecule has 3 N–H and O–H groups in total. The zero-order valence-electron chi connectivity index (χ0n) is 11.7. The molecule has 0 amide bonds. The summed E-state index contributed by atoms with van der Waals surface area (Å²) in [6, 6.07) is 7.91. The first-order valence-corrected chi connectivity index (χ1v) is 6.97. The number of carboxylic acids is 1. The molecule has 0 aliphatic heterocycles. The number of aromatic nitrogens is 2. The van der Waals surface area contributed by atoms with Gasteiger partial charge in [0.05, 0.1) is 17.1 Å². The Bertz CT molecular complexity index is 592. The fraction of sp³-hybridized carbons (Fsp3) is 0.467. The van der Waals surface area contributed by atoms with Gasteiger partial charge in [0.15, 0.2) is 0 Å². The Labute approximate surface area is 118 Å². The molecule has 108 valence electrons. The molecule has 0 spiro atoms. The highest BCUT2D eigenvalue weighted by Gasteiger charge is 2.20. The number of carboxylic acid groups (broad SMARTS) is 1. The van der Waals surface area contributed by atoms with Gasteiger partial charge in [-0.2, -0.15) is 5.10 Å². The number of aryl methyl sites for hydroxylation is 1. The molecule has 20 heavy (non-hydrogen) atoms. The van der Waals surface area contributed by atoms with Crippen LogP contribution in [-0.4, -0.2) is 27.4 Å². The zero-order valence-corrected chi connectivity index (χ0v) is 11.7. The highest BCUT2D eigenvalue weighted by molar-refractivity contribution is 5.82. The quantitative estimate of drug-likeness (QED) is 0.757. The summed E-state index contributed by atoms with van der Waals surface area (Å²) in [5.41, 5.74) is 7.36. The maximum atomic E-state index is 11.4. The molecule has 0 aliphatic carbocycles. The van der Waals surface area contributed by atoms with Crippen LogP contribution in [-0.2, 0) is 18.3 Å². The summed E-state index contributed by atoms with van der Waals surface area (Å²) >= 11 is 0. The van der Waals surface area contributed by atoms with E-state index < -0.39 is 5.97 Å². The Kier molecular flexibility index (Phi) is 4.74. The molecule has 0 saturated heterocycles. The molecular weight excluding hydrogens is 254 g/mol. The topological polar surface area (TPSA) is 81.1 Å². The van der Waals surface area contributed by atoms with E-state index in [1.165, 1.54) is 0 Å². The number of fused-ring (bicyclic) bond motifs is 1. The smallest absolute Gasteiger partial charge is 0.306 e. The summed E-state index contributed by atoms with van der Waals surface area (Å²) in [7, 11) is 1.88. The normalized spacial score (nSPS) is 12.7. The predicted molar refractivity (Wildman–Crippen MR) is 78.4 cm³/mol. The molecule has 2 aromatic rings. The summed E-state index contributed by atoms with van der Waals surface area (Å²) in [6.45, 7) is 0.610. The molecule has 1 aromatic heterocycles. The van der Waals surface area contributed by atoms with Gasteiger partial charge in [-0.25, -0.2) is 0 Å². The highest BCUT2D eigenvalue weighted by atomic mass is 16.4. The van der Waals surface area contributed by atoms with Crippen molar-refractivity contribution in [1.82, 2.24) is 9.78 Å². The number of rotatable bonds is 7. The van der Waals surface area contributed by atoms with E-state index in [9.17, 15) is 9.90 Å². The van der Waals surface area contributed by atoms with Crippen LogP contribution in [0.1, 0.15) is 25.0 Å². The summed E-state index contributed by atoms with van der Waals surface area (Å²) in [4.78, 5) is 11.4. The molecule has 0 radical (unpaired) electrons. The standard InChI is InChI=1S/C15H21N3O2/c1-18-14-8-3-2-7-12(14)13(17-18)10-11(15(19)20)6-4-5-9-16/h2-3,7-8,11H,4-6,9-10,16H2,1H3,(H,19,20). The van der Waals surface area contributed by atoms with E-state index in [1.807, 2.05) is 36.0 Å². The second-order valence-electron chi connectivity index (χ2n) is 5.11. The Hall–Kier alpha value is -1.88. The molecule has 0 saturated carbocycles. The van der Waals surface area contributed by atoms with Gasteiger partial charge < -0.3 is 10.8 Å². The molecule has 1 heterocycles. The van der Waals surface area contributed by atoms with Crippen molar-refractivity contribution in [2.75, 3.05) is 6.54 Å². The summed E-state index contributed by atoms with van der Waals surface area (Å²) in [5, 5.41) is 14.9. The SMILES string of the molecule is Cn1nc(CC(CCCCN)C(=O)O)c2ccccc21. The monoisotopic (exact) mass is 275 g/mol. The molecule has 0 bridgehead atoms. The molecule has 0 aliphatic rings. The first-order chi connectivity index (χ1) is 9.63. The minimum absolute atomic E-state index is 0.389. The molecule has 2 rings (SSSR count). The lowest BCUT2D eigenvalue weighted by molar-refractivity contribution is -0.142. The number of hydrogen-bond acceptors (Lipinski definition) is 3. The second-order valence-corrected chi connectivity index (χ2v) is 5.11. The van der Waals surface area contributed by atoms with Gasteiger partial charge >= 0.3 is 5.97 Å². The lowest BCUT2D eigenvalue weighted by atomic mass is 9.95. The van der Waals surface area contributed by atoms with Crippen molar-refractivity contribution in [2.24, 2.45) is 18.7 Å². The predicted octanol–water partition coefficient (Wildman–Crippen LogP) is 1.95. The molecule has 5 heteroatoms. The van der Waals surface area contributed by atoms with Gasteiger partial charge in [0.25, 0.3) is 0 Å². The minimum atomic E-state index is -0.753. The van der Waals surface area contributed by atoms with E-state index >= 15 is 0 Å². The lowest BCUT2D eigenvalue weighted by Crippen LogP contribution is -2.17. The summed E-state index contributed by atoms with van der Waals surface area (Å²) in [6.07, 6.45) is 2.84. The van der Waals surface area contributed by atoms with Crippen LogP contribution in [0.25, 0.3) is 10.9 Å². The van der Waals surface area contributed by atoms with Gasteiger partial charge in [-0.3, -0.25) is 9.48 Å². The Balaban J connectivity index is 2.18. The van der Waals surface area contributed by atoms with Crippen molar-refractivity contribution in [2.45, 2.75) is 25.7 Å². The van der Waals surface area contributed by atoms with Crippen LogP contribution in [0.2, 0.25) is 0 Å². The zero-order chi connectivity index (χ0) is 14.5. The number of aliphatic carboxylic acids is 1. The third-order valence-corrected chi connectivity index (χ3v) is 3.63. The van der Waals surface area contributed by atoms with Crippen molar-refractivity contribution in [1.29, 1.82) is 0 Å². The van der Waals surface area contributed by atoms with E-state index in [1.54, 1.807) is 0 Å². The molecule has 5 nitrogen and oxygen atoms in total. The second kappa shape index (κ2) is 6.52. The lowest BCUT2D eigenvalue weighted by Gasteiger charge is -2.10. The fourth-order valence-electron chi connectivity index (χ4n) is 2.52. The maximum Gasteiger partial charge on any atom is 0.306 e. The number of carbonyl (C=O) groups is 1. The van der Waals surface area contributed by atoms with Crippen LogP contribution in [0.4, 0.5) is 0 Å². The van der Waals surface area contributed by atoms with Gasteiger partial charge in [-0.1, -0.05) is 24.6 Å². The first-order valence-electron chi connectivity index (χ1n) is 6.97. The number of nitrogens with zero attached hydrogens (tertiary/aromatic N) is 2. The molecule has 0 fully saturated rings. The molecule has 1 atom stereocenters. The first kappa shape index (κ1) is 14.5. The molecule has 1 aromatic carbocycles. The largest absolute Gasteiger partial charge is 0.481 e. The van der Waals surface area contributed by atoms with Crippen molar-refractivity contribution in [3.8, 4) is 0 Å². The van der Waals surface area contributed by atoms with E-state index in [2.05, 4.69) is 5.10 Å². The average molecular weight is 275 g/mol. The van der Waals surface area contributed by atoms with Crippen LogP contribution >= 0.6 is 0 Å². The van der Waals surface area contributed by atoms with Gasteiger partial charge in [0.2, 0.25) is 0 Å².